The van der Waals surface area contributed by atoms with Crippen molar-refractivity contribution in [3.8, 4) is 0 Å². The molecule has 0 aliphatic heterocycles. The van der Waals surface area contributed by atoms with Crippen LogP contribution in [0.1, 0.15) is 71.1 Å². The molecule has 0 aliphatic rings. The number of hydrogen-bond donors (Lipinski definition) is 1. The summed E-state index contributed by atoms with van der Waals surface area (Å²) in [5.41, 5.74) is 0. The van der Waals surface area contributed by atoms with Crippen molar-refractivity contribution in [2.24, 2.45) is 0 Å². The van der Waals surface area contributed by atoms with Crippen molar-refractivity contribution >= 4 is 39.7 Å². The molecule has 8 heteroatoms. The molecule has 26 heavy (non-hydrogen) atoms. The van der Waals surface area contributed by atoms with Gasteiger partial charge in [0.1, 0.15) is 0 Å². The van der Waals surface area contributed by atoms with Crippen molar-refractivity contribution in [3.63, 3.8) is 0 Å². The van der Waals surface area contributed by atoms with Crippen molar-refractivity contribution in [2.75, 3.05) is 45.4 Å². The Balaban J connectivity index is 0. The molecular formula is C18H39NaO6S. The van der Waals surface area contributed by atoms with E-state index in [4.69, 9.17) is 18.8 Å². The monoisotopic (exact) mass is 406 g/mol. The van der Waals surface area contributed by atoms with Gasteiger partial charge in [-0.15, -0.1) is 0 Å². The van der Waals surface area contributed by atoms with Crippen LogP contribution in [0.4, 0.5) is 0 Å². The maximum atomic E-state index is 10.5. The first kappa shape index (κ1) is 29.0. The summed E-state index contributed by atoms with van der Waals surface area (Å²) in [4.78, 5) is 0. The molecule has 0 aromatic rings. The Labute approximate surface area is 182 Å². The molecule has 0 atom stereocenters. The van der Waals surface area contributed by atoms with Gasteiger partial charge in [0.05, 0.1) is 32.2 Å². The van der Waals surface area contributed by atoms with E-state index < -0.39 is 10.1 Å². The van der Waals surface area contributed by atoms with Gasteiger partial charge >= 0.3 is 29.6 Å². The average molecular weight is 407 g/mol. The Bertz CT molecular complexity index is 365. The van der Waals surface area contributed by atoms with Crippen molar-refractivity contribution in [2.45, 2.75) is 71.1 Å². The maximum absolute atomic E-state index is 10.5. The summed E-state index contributed by atoms with van der Waals surface area (Å²) in [6.45, 7) is 5.72. The van der Waals surface area contributed by atoms with E-state index in [1.54, 1.807) is 0 Å². The van der Waals surface area contributed by atoms with E-state index in [1.807, 2.05) is 0 Å². The summed E-state index contributed by atoms with van der Waals surface area (Å²) in [6, 6.07) is 0. The molecule has 0 spiro atoms. The summed E-state index contributed by atoms with van der Waals surface area (Å²) >= 11 is 0. The van der Waals surface area contributed by atoms with Gasteiger partial charge in [-0.1, -0.05) is 51.9 Å². The van der Waals surface area contributed by atoms with Gasteiger partial charge in [-0.05, 0) is 19.3 Å². The van der Waals surface area contributed by atoms with Gasteiger partial charge < -0.3 is 14.2 Å². The van der Waals surface area contributed by atoms with Crippen LogP contribution in [0.25, 0.3) is 0 Å². The van der Waals surface area contributed by atoms with Crippen LogP contribution in [0.3, 0.4) is 0 Å². The molecule has 0 aromatic carbocycles. The Morgan fingerprint density at radius 2 is 1.00 bits per heavy atom. The van der Waals surface area contributed by atoms with Crippen LogP contribution >= 0.6 is 0 Å². The second-order valence-corrected chi connectivity index (χ2v) is 7.88. The number of rotatable bonds is 20. The van der Waals surface area contributed by atoms with Crippen molar-refractivity contribution in [1.29, 1.82) is 0 Å². The summed E-state index contributed by atoms with van der Waals surface area (Å²) in [5, 5.41) is 0. The van der Waals surface area contributed by atoms with Gasteiger partial charge in [0.2, 0.25) is 0 Å². The van der Waals surface area contributed by atoms with E-state index in [9.17, 15) is 8.42 Å². The van der Waals surface area contributed by atoms with E-state index in [0.29, 0.717) is 45.9 Å². The van der Waals surface area contributed by atoms with Crippen LogP contribution in [-0.4, -0.2) is 87.9 Å². The first-order valence-electron chi connectivity index (χ1n) is 9.74. The van der Waals surface area contributed by atoms with Gasteiger partial charge in [0.15, 0.2) is 0 Å². The fourth-order valence-corrected chi connectivity index (χ4v) is 2.94. The fourth-order valence-electron chi connectivity index (χ4n) is 2.37. The third-order valence-electron chi connectivity index (χ3n) is 3.83. The zero-order valence-corrected chi connectivity index (χ0v) is 16.7. The summed E-state index contributed by atoms with van der Waals surface area (Å²) in [7, 11) is -3.84. The molecule has 1 N–H and O–H groups in total. The SMILES string of the molecule is CCCCCCCCCCOCCOCCOCCCCS(=O)(=O)O.[NaH]. The summed E-state index contributed by atoms with van der Waals surface area (Å²) in [5.74, 6) is -0.205. The fraction of sp³-hybridized carbons (Fsp3) is 1.00. The quantitative estimate of drug-likeness (QED) is 0.190. The first-order valence-corrected chi connectivity index (χ1v) is 11.4. The van der Waals surface area contributed by atoms with Gasteiger partial charge in [0.25, 0.3) is 10.1 Å². The molecule has 0 fully saturated rings. The van der Waals surface area contributed by atoms with Crippen LogP contribution in [0, 0.1) is 0 Å². The first-order chi connectivity index (χ1) is 12.1. The molecule has 6 nitrogen and oxygen atoms in total. The standard InChI is InChI=1S/C18H38O6S.Na.H/c1-2-3-4-5-6-7-8-9-12-22-14-16-24-17-15-23-13-10-11-18-25(19,20)21;;/h2-18H2,1H3,(H,19,20,21);;. The molecular weight excluding hydrogens is 367 g/mol. The zero-order valence-electron chi connectivity index (χ0n) is 15.9. The van der Waals surface area contributed by atoms with Crippen LogP contribution in [0.15, 0.2) is 0 Å². The second-order valence-electron chi connectivity index (χ2n) is 6.31. The van der Waals surface area contributed by atoms with Crippen LogP contribution in [-0.2, 0) is 24.3 Å². The predicted molar refractivity (Wildman–Crippen MR) is 108 cm³/mol. The third kappa shape index (κ3) is 27.0. The molecule has 0 radical (unpaired) electrons. The van der Waals surface area contributed by atoms with Crippen LogP contribution in [0.5, 0.6) is 0 Å². The second kappa shape index (κ2) is 22.1. The van der Waals surface area contributed by atoms with Crippen LogP contribution < -0.4 is 0 Å². The molecule has 0 saturated carbocycles. The molecule has 0 aromatic heterocycles. The number of unbranched alkanes of at least 4 members (excludes halogenated alkanes) is 8. The number of ether oxygens (including phenoxy) is 3. The minimum absolute atomic E-state index is 0. The summed E-state index contributed by atoms with van der Waals surface area (Å²) in [6.07, 6.45) is 11.5. The molecule has 0 amide bonds. The van der Waals surface area contributed by atoms with Gasteiger partial charge in [0, 0.05) is 13.2 Å². The topological polar surface area (TPSA) is 82.1 Å². The Kier molecular flexibility index (Phi) is 24.6. The Morgan fingerprint density at radius 1 is 0.615 bits per heavy atom. The van der Waals surface area contributed by atoms with Gasteiger partial charge in [-0.3, -0.25) is 4.55 Å². The zero-order chi connectivity index (χ0) is 18.6. The van der Waals surface area contributed by atoms with E-state index in [0.717, 1.165) is 13.0 Å². The van der Waals surface area contributed by atoms with E-state index in [-0.39, 0.29) is 35.3 Å². The average Bonchev–Trinajstić information content (AvgIpc) is 2.56. The van der Waals surface area contributed by atoms with E-state index in [2.05, 4.69) is 6.92 Å². The minimum atomic E-state index is -3.84. The predicted octanol–water partition coefficient (Wildman–Crippen LogP) is 3.20. The molecule has 0 rings (SSSR count). The number of hydrogen-bond acceptors (Lipinski definition) is 5. The molecule has 0 unspecified atom stereocenters. The van der Waals surface area contributed by atoms with Gasteiger partial charge in [-0.25, -0.2) is 0 Å². The molecule has 0 aliphatic carbocycles. The molecule has 154 valence electrons. The van der Waals surface area contributed by atoms with E-state index >= 15 is 0 Å². The Hall–Kier alpha value is 0.790. The van der Waals surface area contributed by atoms with Crippen molar-refractivity contribution < 1.29 is 27.2 Å². The van der Waals surface area contributed by atoms with Crippen molar-refractivity contribution in [1.82, 2.24) is 0 Å². The van der Waals surface area contributed by atoms with Crippen molar-refractivity contribution in [3.05, 3.63) is 0 Å². The third-order valence-corrected chi connectivity index (χ3v) is 4.63. The Morgan fingerprint density at radius 3 is 1.46 bits per heavy atom. The molecule has 0 saturated heterocycles. The van der Waals surface area contributed by atoms with Crippen LogP contribution in [0.2, 0.25) is 0 Å². The van der Waals surface area contributed by atoms with E-state index in [1.165, 1.54) is 44.9 Å². The summed E-state index contributed by atoms with van der Waals surface area (Å²) < 4.78 is 45.8. The molecule has 0 bridgehead atoms. The van der Waals surface area contributed by atoms with Gasteiger partial charge in [-0.2, -0.15) is 8.42 Å². The molecule has 0 heterocycles. The normalized spacial score (nSPS) is 11.5.